The van der Waals surface area contributed by atoms with Crippen molar-refractivity contribution in [2.75, 3.05) is 19.6 Å². The number of piperidine rings is 1. The molecule has 0 bridgehead atoms. The van der Waals surface area contributed by atoms with Gasteiger partial charge in [-0.25, -0.2) is 5.01 Å². The molecule has 0 saturated carbocycles. The van der Waals surface area contributed by atoms with Gasteiger partial charge in [-0.2, -0.15) is 5.26 Å². The standard InChI is InChI=1S/C8H15N3/c9-5-4-6-10-11-7-2-1-3-8-11/h10H,1-4,6-8H2. The second-order valence-electron chi connectivity index (χ2n) is 2.86. The van der Waals surface area contributed by atoms with Gasteiger partial charge in [0.2, 0.25) is 0 Å². The van der Waals surface area contributed by atoms with Crippen LogP contribution in [0.1, 0.15) is 25.7 Å². The summed E-state index contributed by atoms with van der Waals surface area (Å²) in [6.45, 7) is 3.09. The van der Waals surface area contributed by atoms with E-state index in [0.717, 1.165) is 19.6 Å². The van der Waals surface area contributed by atoms with Crippen LogP contribution in [0.4, 0.5) is 0 Å². The highest BCUT2D eigenvalue weighted by atomic mass is 15.5. The molecule has 0 aromatic rings. The van der Waals surface area contributed by atoms with Crippen LogP contribution in [0.3, 0.4) is 0 Å². The molecule has 0 atom stereocenters. The summed E-state index contributed by atoms with van der Waals surface area (Å²) >= 11 is 0. The van der Waals surface area contributed by atoms with Gasteiger partial charge in [-0.15, -0.1) is 0 Å². The molecule has 0 spiro atoms. The van der Waals surface area contributed by atoms with Crippen LogP contribution in [0, 0.1) is 11.3 Å². The van der Waals surface area contributed by atoms with E-state index < -0.39 is 0 Å². The fourth-order valence-corrected chi connectivity index (χ4v) is 1.32. The molecular formula is C8H15N3. The normalized spacial score (nSPS) is 19.5. The summed E-state index contributed by atoms with van der Waals surface area (Å²) in [4.78, 5) is 0. The molecule has 0 aliphatic carbocycles. The topological polar surface area (TPSA) is 39.1 Å². The van der Waals surface area contributed by atoms with Crippen molar-refractivity contribution in [1.29, 1.82) is 5.26 Å². The van der Waals surface area contributed by atoms with Crippen LogP contribution in [-0.2, 0) is 0 Å². The van der Waals surface area contributed by atoms with Gasteiger partial charge in [0.1, 0.15) is 0 Å². The van der Waals surface area contributed by atoms with Gasteiger partial charge in [0.25, 0.3) is 0 Å². The highest BCUT2D eigenvalue weighted by Crippen LogP contribution is 2.05. The third-order valence-corrected chi connectivity index (χ3v) is 1.93. The van der Waals surface area contributed by atoms with E-state index in [0.29, 0.717) is 6.42 Å². The van der Waals surface area contributed by atoms with Crippen molar-refractivity contribution < 1.29 is 0 Å². The van der Waals surface area contributed by atoms with E-state index >= 15 is 0 Å². The highest BCUT2D eigenvalue weighted by molar-refractivity contribution is 4.70. The average molecular weight is 153 g/mol. The van der Waals surface area contributed by atoms with Crippen molar-refractivity contribution in [3.05, 3.63) is 0 Å². The van der Waals surface area contributed by atoms with E-state index in [1.807, 2.05) is 0 Å². The predicted molar refractivity (Wildman–Crippen MR) is 43.7 cm³/mol. The van der Waals surface area contributed by atoms with Crippen molar-refractivity contribution in [3.8, 4) is 6.07 Å². The van der Waals surface area contributed by atoms with Gasteiger partial charge >= 0.3 is 0 Å². The molecule has 1 fully saturated rings. The molecule has 0 radical (unpaired) electrons. The Kier molecular flexibility index (Phi) is 3.95. The summed E-state index contributed by atoms with van der Waals surface area (Å²) in [6, 6.07) is 2.12. The number of hydrogen-bond donors (Lipinski definition) is 1. The molecule has 0 aromatic heterocycles. The molecule has 3 nitrogen and oxygen atoms in total. The van der Waals surface area contributed by atoms with Crippen LogP contribution in [0.15, 0.2) is 0 Å². The van der Waals surface area contributed by atoms with E-state index in [9.17, 15) is 0 Å². The Hall–Kier alpha value is -0.590. The van der Waals surface area contributed by atoms with Crippen LogP contribution >= 0.6 is 0 Å². The van der Waals surface area contributed by atoms with E-state index in [2.05, 4.69) is 16.5 Å². The lowest BCUT2D eigenvalue weighted by Crippen LogP contribution is -2.41. The molecule has 0 amide bonds. The first-order chi connectivity index (χ1) is 5.43. The van der Waals surface area contributed by atoms with Gasteiger partial charge in [0, 0.05) is 26.1 Å². The van der Waals surface area contributed by atoms with Crippen molar-refractivity contribution in [3.63, 3.8) is 0 Å². The third-order valence-electron chi connectivity index (χ3n) is 1.93. The molecule has 0 aromatic carbocycles. The fourth-order valence-electron chi connectivity index (χ4n) is 1.32. The van der Waals surface area contributed by atoms with E-state index in [4.69, 9.17) is 5.26 Å². The SMILES string of the molecule is N#CCCNN1CCCCC1. The zero-order valence-corrected chi connectivity index (χ0v) is 6.84. The molecule has 1 rings (SSSR count). The summed E-state index contributed by atoms with van der Waals surface area (Å²) < 4.78 is 0. The van der Waals surface area contributed by atoms with Crippen LogP contribution < -0.4 is 5.43 Å². The lowest BCUT2D eigenvalue weighted by Gasteiger charge is -2.26. The molecule has 11 heavy (non-hydrogen) atoms. The van der Waals surface area contributed by atoms with E-state index in [-0.39, 0.29) is 0 Å². The molecule has 1 heterocycles. The quantitative estimate of drug-likeness (QED) is 0.612. The maximum Gasteiger partial charge on any atom is 0.0635 e. The maximum absolute atomic E-state index is 8.29. The Morgan fingerprint density at radius 3 is 2.64 bits per heavy atom. The number of nitrogens with zero attached hydrogens (tertiary/aromatic N) is 2. The zero-order valence-electron chi connectivity index (χ0n) is 6.84. The summed E-state index contributed by atoms with van der Waals surface area (Å²) in [6.07, 6.45) is 4.55. The predicted octanol–water partition coefficient (Wildman–Crippen LogP) is 0.891. The molecule has 1 aliphatic rings. The maximum atomic E-state index is 8.29. The second-order valence-corrected chi connectivity index (χ2v) is 2.86. The van der Waals surface area contributed by atoms with Gasteiger partial charge in [-0.05, 0) is 12.8 Å². The number of hydrazine groups is 1. The van der Waals surface area contributed by atoms with E-state index in [1.165, 1.54) is 19.3 Å². The summed E-state index contributed by atoms with van der Waals surface area (Å²) in [5, 5.41) is 10.5. The smallest absolute Gasteiger partial charge is 0.0635 e. The van der Waals surface area contributed by atoms with Crippen molar-refractivity contribution in [1.82, 2.24) is 10.4 Å². The summed E-state index contributed by atoms with van der Waals surface area (Å²) in [5.74, 6) is 0. The van der Waals surface area contributed by atoms with E-state index in [1.54, 1.807) is 0 Å². The number of rotatable bonds is 3. The van der Waals surface area contributed by atoms with Crippen LogP contribution in [0.25, 0.3) is 0 Å². The molecule has 3 heteroatoms. The number of nitriles is 1. The second kappa shape index (κ2) is 5.11. The van der Waals surface area contributed by atoms with Crippen molar-refractivity contribution in [2.45, 2.75) is 25.7 Å². The van der Waals surface area contributed by atoms with Crippen molar-refractivity contribution in [2.24, 2.45) is 0 Å². The number of hydrogen-bond acceptors (Lipinski definition) is 3. The average Bonchev–Trinajstić information content (AvgIpc) is 2.07. The molecule has 1 aliphatic heterocycles. The van der Waals surface area contributed by atoms with Gasteiger partial charge in [-0.3, -0.25) is 5.43 Å². The fraction of sp³-hybridized carbons (Fsp3) is 0.875. The Morgan fingerprint density at radius 1 is 1.27 bits per heavy atom. The van der Waals surface area contributed by atoms with Crippen LogP contribution in [-0.4, -0.2) is 24.6 Å². The Balaban J connectivity index is 2.01. The Bertz CT molecular complexity index is 133. The minimum absolute atomic E-state index is 0.608. The lowest BCUT2D eigenvalue weighted by atomic mass is 10.2. The minimum Gasteiger partial charge on any atom is -0.254 e. The molecule has 62 valence electrons. The largest absolute Gasteiger partial charge is 0.254 e. The van der Waals surface area contributed by atoms with Gasteiger partial charge in [-0.1, -0.05) is 6.42 Å². The minimum atomic E-state index is 0.608. The first-order valence-corrected chi connectivity index (χ1v) is 4.29. The first-order valence-electron chi connectivity index (χ1n) is 4.29. The highest BCUT2D eigenvalue weighted by Gasteiger charge is 2.07. The zero-order chi connectivity index (χ0) is 7.94. The van der Waals surface area contributed by atoms with Crippen molar-refractivity contribution >= 4 is 0 Å². The molecule has 1 N–H and O–H groups in total. The summed E-state index contributed by atoms with van der Waals surface area (Å²) in [7, 11) is 0. The third kappa shape index (κ3) is 3.35. The molecule has 0 unspecified atom stereocenters. The first kappa shape index (κ1) is 8.51. The number of nitrogens with one attached hydrogen (secondary N) is 1. The van der Waals surface area contributed by atoms with Crippen LogP contribution in [0.2, 0.25) is 0 Å². The molecule has 1 saturated heterocycles. The summed E-state index contributed by atoms with van der Waals surface area (Å²) in [5.41, 5.74) is 3.23. The van der Waals surface area contributed by atoms with Gasteiger partial charge in [0.15, 0.2) is 0 Å². The van der Waals surface area contributed by atoms with Gasteiger partial charge < -0.3 is 0 Å². The Morgan fingerprint density at radius 2 is 2.00 bits per heavy atom. The monoisotopic (exact) mass is 153 g/mol. The lowest BCUT2D eigenvalue weighted by molar-refractivity contribution is 0.156. The van der Waals surface area contributed by atoms with Crippen LogP contribution in [0.5, 0.6) is 0 Å². The van der Waals surface area contributed by atoms with Gasteiger partial charge in [0.05, 0.1) is 6.07 Å². The Labute approximate surface area is 68.0 Å². The molecular weight excluding hydrogens is 138 g/mol.